The molecule has 1 amide bonds. The van der Waals surface area contributed by atoms with E-state index in [0.29, 0.717) is 6.54 Å². The third-order valence-corrected chi connectivity index (χ3v) is 2.17. The molecule has 0 aromatic heterocycles. The maximum absolute atomic E-state index is 13.1. The lowest BCUT2D eigenvalue weighted by atomic mass is 10.1. The smallest absolute Gasteiger partial charge is 0.410 e. The number of carbonyl (C=O) groups excluding carboxylic acids is 1. The van der Waals surface area contributed by atoms with Crippen molar-refractivity contribution < 1.29 is 13.9 Å². The van der Waals surface area contributed by atoms with Gasteiger partial charge in [-0.3, -0.25) is 0 Å². The van der Waals surface area contributed by atoms with E-state index in [-0.39, 0.29) is 12.5 Å². The van der Waals surface area contributed by atoms with Crippen LogP contribution in [0.5, 0.6) is 0 Å². The molecule has 3 nitrogen and oxygen atoms in total. The van der Waals surface area contributed by atoms with Crippen LogP contribution in [0, 0.1) is 5.92 Å². The van der Waals surface area contributed by atoms with Gasteiger partial charge >= 0.3 is 6.09 Å². The second-order valence-electron chi connectivity index (χ2n) is 4.88. The van der Waals surface area contributed by atoms with Gasteiger partial charge in [-0.1, -0.05) is 20.8 Å². The van der Waals surface area contributed by atoms with Gasteiger partial charge in [0.05, 0.1) is 6.54 Å². The minimum Gasteiger partial charge on any atom is -0.444 e. The number of hydrogen-bond donors (Lipinski definition) is 0. The minimum atomic E-state index is -0.914. The molecule has 0 N–H and O–H groups in total. The zero-order chi connectivity index (χ0) is 12.9. The van der Waals surface area contributed by atoms with E-state index in [0.717, 1.165) is 0 Å². The van der Waals surface area contributed by atoms with E-state index in [1.165, 1.54) is 4.90 Å². The van der Waals surface area contributed by atoms with Crippen LogP contribution in [0.15, 0.2) is 0 Å². The molecule has 0 saturated carbocycles. The van der Waals surface area contributed by atoms with Crippen LogP contribution in [-0.2, 0) is 4.74 Å². The number of alkyl halides is 1. The van der Waals surface area contributed by atoms with E-state index in [9.17, 15) is 9.18 Å². The van der Waals surface area contributed by atoms with Gasteiger partial charge in [-0.2, -0.15) is 0 Å². The zero-order valence-electron chi connectivity index (χ0n) is 11.2. The molecule has 1 rings (SSSR count). The fourth-order valence-corrected chi connectivity index (χ4v) is 1.40. The first kappa shape index (κ1) is 15.2. The summed E-state index contributed by atoms with van der Waals surface area (Å²) in [6.07, 6.45) is -1.33. The first-order chi connectivity index (χ1) is 7.29. The van der Waals surface area contributed by atoms with Crippen LogP contribution >= 0.6 is 0 Å². The van der Waals surface area contributed by atoms with E-state index >= 15 is 0 Å². The van der Waals surface area contributed by atoms with E-state index in [2.05, 4.69) is 0 Å². The maximum atomic E-state index is 13.1. The van der Waals surface area contributed by atoms with Gasteiger partial charge in [0.25, 0.3) is 0 Å². The Kier molecular flexibility index (Phi) is 5.76. The highest BCUT2D eigenvalue weighted by Crippen LogP contribution is 2.21. The molecule has 0 aromatic carbocycles. The Morgan fingerprint density at radius 1 is 1.31 bits per heavy atom. The molecule has 1 aliphatic rings. The molecule has 16 heavy (non-hydrogen) atoms. The van der Waals surface area contributed by atoms with E-state index < -0.39 is 17.9 Å². The average Bonchev–Trinajstić information content (AvgIpc) is 2.48. The van der Waals surface area contributed by atoms with Crippen molar-refractivity contribution in [2.45, 2.75) is 53.3 Å². The lowest BCUT2D eigenvalue weighted by Gasteiger charge is -2.24. The van der Waals surface area contributed by atoms with Crippen LogP contribution < -0.4 is 0 Å². The Hall–Kier alpha value is -0.800. The van der Waals surface area contributed by atoms with Gasteiger partial charge in [0.15, 0.2) is 0 Å². The SMILES string of the molecule is CC.C[C@H]1CN(C(=O)OC(C)(C)C)C[C@H]1F. The largest absolute Gasteiger partial charge is 0.444 e. The summed E-state index contributed by atoms with van der Waals surface area (Å²) in [5.74, 6) is -0.0810. The van der Waals surface area contributed by atoms with Gasteiger partial charge in [-0.05, 0) is 20.8 Å². The molecule has 0 radical (unpaired) electrons. The summed E-state index contributed by atoms with van der Waals surface area (Å²) in [4.78, 5) is 12.9. The van der Waals surface area contributed by atoms with Crippen LogP contribution in [0.3, 0.4) is 0 Å². The molecule has 2 atom stereocenters. The van der Waals surface area contributed by atoms with Crippen LogP contribution in [0.4, 0.5) is 9.18 Å². The highest BCUT2D eigenvalue weighted by molar-refractivity contribution is 5.68. The lowest BCUT2D eigenvalue weighted by Crippen LogP contribution is -2.35. The topological polar surface area (TPSA) is 29.5 Å². The minimum absolute atomic E-state index is 0.0810. The number of rotatable bonds is 0. The summed E-state index contributed by atoms with van der Waals surface area (Å²) < 4.78 is 18.2. The lowest BCUT2D eigenvalue weighted by molar-refractivity contribution is 0.0281. The first-order valence-electron chi connectivity index (χ1n) is 5.91. The van der Waals surface area contributed by atoms with Crippen molar-refractivity contribution in [2.24, 2.45) is 5.92 Å². The number of likely N-dealkylation sites (tertiary alicyclic amines) is 1. The summed E-state index contributed by atoms with van der Waals surface area (Å²) in [7, 11) is 0. The molecule has 1 heterocycles. The number of ether oxygens (including phenoxy) is 1. The normalized spacial score (nSPS) is 24.8. The van der Waals surface area contributed by atoms with Gasteiger partial charge in [-0.15, -0.1) is 0 Å². The maximum Gasteiger partial charge on any atom is 0.410 e. The van der Waals surface area contributed by atoms with E-state index in [1.807, 2.05) is 13.8 Å². The van der Waals surface area contributed by atoms with E-state index in [1.54, 1.807) is 27.7 Å². The number of carbonyl (C=O) groups is 1. The highest BCUT2D eigenvalue weighted by atomic mass is 19.1. The molecule has 1 fully saturated rings. The second kappa shape index (κ2) is 6.06. The molecular weight excluding hydrogens is 209 g/mol. The fourth-order valence-electron chi connectivity index (χ4n) is 1.40. The van der Waals surface area contributed by atoms with Gasteiger partial charge in [0, 0.05) is 12.5 Å². The molecule has 96 valence electrons. The molecule has 4 heteroatoms. The molecule has 0 aliphatic carbocycles. The Morgan fingerprint density at radius 2 is 1.81 bits per heavy atom. The van der Waals surface area contributed by atoms with Gasteiger partial charge < -0.3 is 9.64 Å². The number of nitrogens with zero attached hydrogens (tertiary/aromatic N) is 1. The Balaban J connectivity index is 0.00000106. The van der Waals surface area contributed by atoms with Crippen LogP contribution in [0.1, 0.15) is 41.5 Å². The summed E-state index contributed by atoms with van der Waals surface area (Å²) >= 11 is 0. The third kappa shape index (κ3) is 4.81. The van der Waals surface area contributed by atoms with Crippen LogP contribution in [0.25, 0.3) is 0 Å². The van der Waals surface area contributed by atoms with E-state index in [4.69, 9.17) is 4.74 Å². The number of halogens is 1. The summed E-state index contributed by atoms with van der Waals surface area (Å²) in [6.45, 7) is 11.8. The van der Waals surface area contributed by atoms with Gasteiger partial charge in [-0.25, -0.2) is 9.18 Å². The van der Waals surface area contributed by atoms with Crippen molar-refractivity contribution in [1.29, 1.82) is 0 Å². The van der Waals surface area contributed by atoms with Crippen molar-refractivity contribution in [2.75, 3.05) is 13.1 Å². The highest BCUT2D eigenvalue weighted by Gasteiger charge is 2.34. The van der Waals surface area contributed by atoms with Crippen molar-refractivity contribution in [3.63, 3.8) is 0 Å². The molecule has 1 aliphatic heterocycles. The molecule has 0 unspecified atom stereocenters. The van der Waals surface area contributed by atoms with Crippen molar-refractivity contribution in [3.8, 4) is 0 Å². The predicted molar refractivity (Wildman–Crippen MR) is 63.2 cm³/mol. The number of hydrogen-bond acceptors (Lipinski definition) is 2. The van der Waals surface area contributed by atoms with Gasteiger partial charge in [0.2, 0.25) is 0 Å². The van der Waals surface area contributed by atoms with Gasteiger partial charge in [0.1, 0.15) is 11.8 Å². The number of amides is 1. The Labute approximate surface area is 98.0 Å². The molecule has 1 saturated heterocycles. The third-order valence-electron chi connectivity index (χ3n) is 2.17. The average molecular weight is 233 g/mol. The Bertz CT molecular complexity index is 216. The van der Waals surface area contributed by atoms with Crippen LogP contribution in [0.2, 0.25) is 0 Å². The van der Waals surface area contributed by atoms with Crippen molar-refractivity contribution in [3.05, 3.63) is 0 Å². The summed E-state index contributed by atoms with van der Waals surface area (Å²) in [5.41, 5.74) is -0.505. The van der Waals surface area contributed by atoms with Crippen molar-refractivity contribution >= 4 is 6.09 Å². The molecule has 0 bridgehead atoms. The summed E-state index contributed by atoms with van der Waals surface area (Å²) in [5, 5.41) is 0. The molecule has 0 spiro atoms. The Morgan fingerprint density at radius 3 is 2.12 bits per heavy atom. The fraction of sp³-hybridized carbons (Fsp3) is 0.917. The molecular formula is C12H24FNO2. The second-order valence-corrected chi connectivity index (χ2v) is 4.88. The zero-order valence-corrected chi connectivity index (χ0v) is 11.2. The summed E-state index contributed by atoms with van der Waals surface area (Å²) in [6, 6.07) is 0. The molecule has 0 aromatic rings. The predicted octanol–water partition coefficient (Wildman–Crippen LogP) is 3.24. The van der Waals surface area contributed by atoms with Crippen molar-refractivity contribution in [1.82, 2.24) is 4.90 Å². The standard InChI is InChI=1S/C10H18FNO2.C2H6/c1-7-5-12(6-8(7)11)9(13)14-10(2,3)4;1-2/h7-8H,5-6H2,1-4H3;1-2H3/t7-,8+;/m0./s1. The monoisotopic (exact) mass is 233 g/mol. The van der Waals surface area contributed by atoms with Crippen LogP contribution in [-0.4, -0.2) is 35.9 Å². The first-order valence-corrected chi connectivity index (χ1v) is 5.91. The quantitative estimate of drug-likeness (QED) is 0.643.